The lowest BCUT2D eigenvalue weighted by atomic mass is 9.97. The van der Waals surface area contributed by atoms with Crippen molar-refractivity contribution in [1.29, 1.82) is 0 Å². The van der Waals surface area contributed by atoms with Crippen molar-refractivity contribution in [1.82, 2.24) is 20.2 Å². The molecule has 0 aromatic carbocycles. The number of halogens is 3. The highest BCUT2D eigenvalue weighted by molar-refractivity contribution is 14.0. The Morgan fingerprint density at radius 2 is 2.21 bits per heavy atom. The van der Waals surface area contributed by atoms with Crippen LogP contribution in [-0.2, 0) is 6.54 Å². The molecular formula is C16H26F2IN5. The Hall–Kier alpha value is -1.19. The number of alkyl halides is 2. The van der Waals surface area contributed by atoms with Gasteiger partial charge in [-0.2, -0.15) is 8.78 Å². The largest absolute Gasteiger partial charge is 0.357 e. The van der Waals surface area contributed by atoms with Gasteiger partial charge in [-0.1, -0.05) is 11.6 Å². The molecule has 0 saturated heterocycles. The van der Waals surface area contributed by atoms with E-state index < -0.39 is 6.55 Å². The fourth-order valence-corrected chi connectivity index (χ4v) is 2.61. The summed E-state index contributed by atoms with van der Waals surface area (Å²) in [6.07, 6.45) is 10.9. The molecular weight excluding hydrogens is 427 g/mol. The van der Waals surface area contributed by atoms with Crippen LogP contribution in [0.1, 0.15) is 51.4 Å². The van der Waals surface area contributed by atoms with Crippen molar-refractivity contribution in [2.45, 2.75) is 52.1 Å². The molecule has 0 atom stereocenters. The molecule has 2 rings (SSSR count). The number of guanidine groups is 1. The first-order valence-corrected chi connectivity index (χ1v) is 8.20. The van der Waals surface area contributed by atoms with Crippen molar-refractivity contribution in [2.75, 3.05) is 13.1 Å². The number of aromatic nitrogens is 2. The molecule has 0 saturated carbocycles. The fourth-order valence-electron chi connectivity index (χ4n) is 2.61. The molecule has 8 heteroatoms. The molecule has 0 radical (unpaired) electrons. The van der Waals surface area contributed by atoms with Gasteiger partial charge in [0.1, 0.15) is 12.4 Å². The minimum atomic E-state index is -2.59. The van der Waals surface area contributed by atoms with Crippen LogP contribution in [-0.4, -0.2) is 28.6 Å². The summed E-state index contributed by atoms with van der Waals surface area (Å²) in [6, 6.07) is 0. The highest BCUT2D eigenvalue weighted by atomic mass is 127. The van der Waals surface area contributed by atoms with Gasteiger partial charge in [0.05, 0.1) is 0 Å². The number of nitrogens with one attached hydrogen (secondary N) is 2. The fraction of sp³-hybridized carbons (Fsp3) is 0.625. The quantitative estimate of drug-likeness (QED) is 0.286. The van der Waals surface area contributed by atoms with Crippen molar-refractivity contribution in [2.24, 2.45) is 4.99 Å². The summed E-state index contributed by atoms with van der Waals surface area (Å²) in [7, 11) is 0. The third-order valence-corrected chi connectivity index (χ3v) is 3.81. The zero-order chi connectivity index (χ0) is 16.5. The second-order valence-corrected chi connectivity index (χ2v) is 5.51. The van der Waals surface area contributed by atoms with E-state index in [1.165, 1.54) is 43.7 Å². The minimum absolute atomic E-state index is 0. The first-order valence-electron chi connectivity index (χ1n) is 8.20. The van der Waals surface area contributed by atoms with Crippen LogP contribution >= 0.6 is 24.0 Å². The number of rotatable bonds is 7. The van der Waals surface area contributed by atoms with Gasteiger partial charge in [-0.25, -0.2) is 9.98 Å². The average molecular weight is 453 g/mol. The van der Waals surface area contributed by atoms with E-state index in [-0.39, 0.29) is 36.3 Å². The number of hydrogen-bond donors (Lipinski definition) is 2. The van der Waals surface area contributed by atoms with E-state index in [2.05, 4.69) is 26.7 Å². The topological polar surface area (TPSA) is 54.2 Å². The van der Waals surface area contributed by atoms with E-state index in [1.54, 1.807) is 0 Å². The number of aliphatic imine (C=N–C) groups is 1. The monoisotopic (exact) mass is 453 g/mol. The molecule has 24 heavy (non-hydrogen) atoms. The Morgan fingerprint density at radius 3 is 2.88 bits per heavy atom. The van der Waals surface area contributed by atoms with Gasteiger partial charge in [0.25, 0.3) is 0 Å². The van der Waals surface area contributed by atoms with Crippen LogP contribution in [0.25, 0.3) is 0 Å². The van der Waals surface area contributed by atoms with Crippen LogP contribution < -0.4 is 10.6 Å². The molecule has 136 valence electrons. The maximum absolute atomic E-state index is 12.8. The lowest BCUT2D eigenvalue weighted by molar-refractivity contribution is 0.0671. The zero-order valence-electron chi connectivity index (χ0n) is 14.0. The van der Waals surface area contributed by atoms with Crippen LogP contribution in [0.15, 0.2) is 29.0 Å². The second-order valence-electron chi connectivity index (χ2n) is 5.51. The van der Waals surface area contributed by atoms with E-state index in [0.29, 0.717) is 5.96 Å². The summed E-state index contributed by atoms with van der Waals surface area (Å²) in [6.45, 7) is 1.02. The van der Waals surface area contributed by atoms with Gasteiger partial charge in [-0.15, -0.1) is 24.0 Å². The third kappa shape index (κ3) is 6.74. The Kier molecular flexibility index (Phi) is 9.89. The Morgan fingerprint density at radius 1 is 1.38 bits per heavy atom. The summed E-state index contributed by atoms with van der Waals surface area (Å²) >= 11 is 0. The van der Waals surface area contributed by atoms with Crippen LogP contribution in [0.3, 0.4) is 0 Å². The number of imidazole rings is 1. The first kappa shape index (κ1) is 20.9. The maximum atomic E-state index is 12.8. The Labute approximate surface area is 159 Å². The lowest BCUT2D eigenvalue weighted by Crippen LogP contribution is -2.38. The molecule has 0 aliphatic heterocycles. The first-order chi connectivity index (χ1) is 11.2. The minimum Gasteiger partial charge on any atom is -0.357 e. The molecule has 1 heterocycles. The van der Waals surface area contributed by atoms with E-state index in [0.717, 1.165) is 24.1 Å². The maximum Gasteiger partial charge on any atom is 0.319 e. The van der Waals surface area contributed by atoms with E-state index in [9.17, 15) is 8.78 Å². The van der Waals surface area contributed by atoms with Gasteiger partial charge in [-0.3, -0.25) is 4.57 Å². The summed E-state index contributed by atoms with van der Waals surface area (Å²) in [5.74, 6) is 0.889. The number of nitrogens with zero attached hydrogens (tertiary/aromatic N) is 3. The molecule has 0 amide bonds. The number of allylic oxidation sites excluding steroid dienone is 1. The average Bonchev–Trinajstić information content (AvgIpc) is 3.02. The molecule has 0 bridgehead atoms. The summed E-state index contributed by atoms with van der Waals surface area (Å²) in [4.78, 5) is 8.27. The Balaban J connectivity index is 0.00000288. The molecule has 0 spiro atoms. The predicted molar refractivity (Wildman–Crippen MR) is 103 cm³/mol. The van der Waals surface area contributed by atoms with E-state index in [4.69, 9.17) is 0 Å². The Bertz CT molecular complexity index is 542. The summed E-state index contributed by atoms with van der Waals surface area (Å²) in [5.41, 5.74) is 1.49. The van der Waals surface area contributed by atoms with Crippen LogP contribution in [0.5, 0.6) is 0 Å². The SMILES string of the molecule is CCNC(=NCc1nccn1C(F)F)NCCC1=CCCCC1.I. The normalized spacial score (nSPS) is 15.0. The molecule has 2 N–H and O–H groups in total. The highest BCUT2D eigenvalue weighted by Gasteiger charge is 2.11. The van der Waals surface area contributed by atoms with Crippen LogP contribution in [0, 0.1) is 0 Å². The van der Waals surface area contributed by atoms with Crippen molar-refractivity contribution in [3.05, 3.63) is 29.9 Å². The van der Waals surface area contributed by atoms with Gasteiger partial charge >= 0.3 is 6.55 Å². The lowest BCUT2D eigenvalue weighted by Gasteiger charge is -2.15. The van der Waals surface area contributed by atoms with Crippen molar-refractivity contribution < 1.29 is 8.78 Å². The van der Waals surface area contributed by atoms with Crippen molar-refractivity contribution in [3.8, 4) is 0 Å². The van der Waals surface area contributed by atoms with Crippen molar-refractivity contribution >= 4 is 29.9 Å². The molecule has 1 aliphatic rings. The van der Waals surface area contributed by atoms with Gasteiger partial charge in [0.15, 0.2) is 5.96 Å². The molecule has 1 aromatic heterocycles. The number of hydrogen-bond acceptors (Lipinski definition) is 2. The van der Waals surface area contributed by atoms with Gasteiger partial charge < -0.3 is 10.6 Å². The molecule has 0 fully saturated rings. The standard InChI is InChI=1S/C16H25F2N5.HI/c1-2-19-16(21-9-8-13-6-4-3-5-7-13)22-12-14-20-10-11-23(14)15(17)18;/h6,10-11,15H,2-5,7-9,12H2,1H3,(H2,19,21,22);1H. The van der Waals surface area contributed by atoms with Gasteiger partial charge in [0, 0.05) is 25.5 Å². The molecule has 1 aromatic rings. The van der Waals surface area contributed by atoms with Crippen LogP contribution in [0.4, 0.5) is 8.78 Å². The smallest absolute Gasteiger partial charge is 0.319 e. The summed E-state index contributed by atoms with van der Waals surface area (Å²) in [5, 5.41) is 6.38. The molecule has 5 nitrogen and oxygen atoms in total. The predicted octanol–water partition coefficient (Wildman–Crippen LogP) is 3.84. The van der Waals surface area contributed by atoms with E-state index >= 15 is 0 Å². The molecule has 1 aliphatic carbocycles. The van der Waals surface area contributed by atoms with Crippen molar-refractivity contribution in [3.63, 3.8) is 0 Å². The molecule has 0 unspecified atom stereocenters. The van der Waals surface area contributed by atoms with Gasteiger partial charge in [0.2, 0.25) is 0 Å². The highest BCUT2D eigenvalue weighted by Crippen LogP contribution is 2.19. The zero-order valence-corrected chi connectivity index (χ0v) is 16.3. The third-order valence-electron chi connectivity index (χ3n) is 3.81. The second kappa shape index (κ2) is 11.4. The van der Waals surface area contributed by atoms with E-state index in [1.807, 2.05) is 6.92 Å². The summed E-state index contributed by atoms with van der Waals surface area (Å²) < 4.78 is 26.4. The van der Waals surface area contributed by atoms with Gasteiger partial charge in [-0.05, 0) is 39.0 Å². The van der Waals surface area contributed by atoms with Crippen LogP contribution in [0.2, 0.25) is 0 Å².